The molecule has 2 N–H and O–H groups in total. The highest BCUT2D eigenvalue weighted by Crippen LogP contribution is 2.29. The molecular weight excluding hydrogens is 342 g/mol. The SMILES string of the molecule is Cc1cc(N2CCC[C@H](c3nn(C)c(=O)n3-c3ccccc3)C2)nc(N)n1. The summed E-state index contributed by atoms with van der Waals surface area (Å²) in [6, 6.07) is 11.6. The number of hydrogen-bond acceptors (Lipinski definition) is 6. The summed E-state index contributed by atoms with van der Waals surface area (Å²) in [7, 11) is 1.69. The van der Waals surface area contributed by atoms with Gasteiger partial charge in [0.1, 0.15) is 11.6 Å². The molecule has 8 nitrogen and oxygen atoms in total. The quantitative estimate of drug-likeness (QED) is 0.758. The number of aryl methyl sites for hydroxylation is 2. The van der Waals surface area contributed by atoms with Crippen LogP contribution in [-0.4, -0.2) is 37.4 Å². The van der Waals surface area contributed by atoms with Crippen LogP contribution in [-0.2, 0) is 7.05 Å². The minimum Gasteiger partial charge on any atom is -0.368 e. The Labute approximate surface area is 157 Å². The van der Waals surface area contributed by atoms with Crippen LogP contribution in [0.1, 0.15) is 30.3 Å². The molecule has 3 heterocycles. The lowest BCUT2D eigenvalue weighted by Gasteiger charge is -2.33. The van der Waals surface area contributed by atoms with E-state index < -0.39 is 0 Å². The number of piperidine rings is 1. The maximum Gasteiger partial charge on any atom is 0.350 e. The average Bonchev–Trinajstić information content (AvgIpc) is 2.97. The van der Waals surface area contributed by atoms with Crippen molar-refractivity contribution in [3.05, 3.63) is 58.4 Å². The van der Waals surface area contributed by atoms with Crippen molar-refractivity contribution in [1.29, 1.82) is 0 Å². The number of nitrogens with two attached hydrogens (primary N) is 1. The van der Waals surface area contributed by atoms with Gasteiger partial charge in [-0.25, -0.2) is 19.0 Å². The summed E-state index contributed by atoms with van der Waals surface area (Å²) in [4.78, 5) is 23.4. The van der Waals surface area contributed by atoms with Crippen LogP contribution in [0.25, 0.3) is 5.69 Å². The molecular formula is C19H23N7O. The molecule has 1 fully saturated rings. The Morgan fingerprint density at radius 1 is 1.19 bits per heavy atom. The normalized spacial score (nSPS) is 17.3. The average molecular weight is 365 g/mol. The maximum absolute atomic E-state index is 12.7. The van der Waals surface area contributed by atoms with Gasteiger partial charge in [0.15, 0.2) is 0 Å². The molecule has 0 radical (unpaired) electrons. The Morgan fingerprint density at radius 3 is 2.70 bits per heavy atom. The van der Waals surface area contributed by atoms with E-state index in [-0.39, 0.29) is 17.6 Å². The van der Waals surface area contributed by atoms with Crippen LogP contribution in [0, 0.1) is 6.92 Å². The van der Waals surface area contributed by atoms with Gasteiger partial charge in [0.2, 0.25) is 5.95 Å². The Balaban J connectivity index is 1.70. The van der Waals surface area contributed by atoms with Crippen LogP contribution >= 0.6 is 0 Å². The Kier molecular flexibility index (Phi) is 4.39. The van der Waals surface area contributed by atoms with Crippen molar-refractivity contribution >= 4 is 11.8 Å². The summed E-state index contributed by atoms with van der Waals surface area (Å²) in [5.74, 6) is 2.03. The fourth-order valence-electron chi connectivity index (χ4n) is 3.70. The lowest BCUT2D eigenvalue weighted by Crippen LogP contribution is -2.36. The van der Waals surface area contributed by atoms with E-state index in [9.17, 15) is 4.79 Å². The molecule has 0 amide bonds. The molecule has 1 aliphatic rings. The molecule has 0 spiro atoms. The first-order valence-electron chi connectivity index (χ1n) is 9.10. The summed E-state index contributed by atoms with van der Waals surface area (Å²) in [5, 5.41) is 4.56. The van der Waals surface area contributed by atoms with E-state index in [1.165, 1.54) is 4.68 Å². The highest BCUT2D eigenvalue weighted by Gasteiger charge is 2.28. The third kappa shape index (κ3) is 3.30. The fourth-order valence-corrected chi connectivity index (χ4v) is 3.70. The van der Waals surface area contributed by atoms with E-state index in [2.05, 4.69) is 20.0 Å². The van der Waals surface area contributed by atoms with Crippen molar-refractivity contribution in [1.82, 2.24) is 24.3 Å². The zero-order valence-electron chi connectivity index (χ0n) is 15.5. The molecule has 1 aromatic carbocycles. The number of hydrogen-bond donors (Lipinski definition) is 1. The van der Waals surface area contributed by atoms with Crippen LogP contribution in [0.3, 0.4) is 0 Å². The molecule has 4 rings (SSSR count). The van der Waals surface area contributed by atoms with E-state index in [1.54, 1.807) is 11.6 Å². The summed E-state index contributed by atoms with van der Waals surface area (Å²) in [5.41, 5.74) is 7.38. The minimum atomic E-state index is -0.129. The number of para-hydroxylation sites is 1. The monoisotopic (exact) mass is 365 g/mol. The van der Waals surface area contributed by atoms with E-state index in [1.807, 2.05) is 43.3 Å². The zero-order chi connectivity index (χ0) is 19.0. The molecule has 0 bridgehead atoms. The topological polar surface area (TPSA) is 94.9 Å². The van der Waals surface area contributed by atoms with Crippen molar-refractivity contribution in [2.45, 2.75) is 25.7 Å². The third-order valence-electron chi connectivity index (χ3n) is 4.93. The molecule has 0 unspecified atom stereocenters. The molecule has 27 heavy (non-hydrogen) atoms. The van der Waals surface area contributed by atoms with Gasteiger partial charge < -0.3 is 10.6 Å². The molecule has 3 aromatic rings. The highest BCUT2D eigenvalue weighted by molar-refractivity contribution is 5.44. The Morgan fingerprint density at radius 2 is 1.96 bits per heavy atom. The summed E-state index contributed by atoms with van der Waals surface area (Å²) < 4.78 is 3.13. The summed E-state index contributed by atoms with van der Waals surface area (Å²) in [6.45, 7) is 3.54. The van der Waals surface area contributed by atoms with Crippen molar-refractivity contribution in [2.75, 3.05) is 23.7 Å². The van der Waals surface area contributed by atoms with E-state index in [4.69, 9.17) is 5.73 Å². The van der Waals surface area contributed by atoms with Gasteiger partial charge in [0.25, 0.3) is 0 Å². The van der Waals surface area contributed by atoms with Crippen LogP contribution in [0.2, 0.25) is 0 Å². The van der Waals surface area contributed by atoms with E-state index >= 15 is 0 Å². The van der Waals surface area contributed by atoms with Gasteiger partial charge in [0, 0.05) is 37.8 Å². The van der Waals surface area contributed by atoms with Gasteiger partial charge in [0.05, 0.1) is 5.69 Å². The second kappa shape index (κ2) is 6.86. The lowest BCUT2D eigenvalue weighted by molar-refractivity contribution is 0.480. The van der Waals surface area contributed by atoms with E-state index in [0.717, 1.165) is 49.0 Å². The third-order valence-corrected chi connectivity index (χ3v) is 4.93. The first-order valence-corrected chi connectivity index (χ1v) is 9.10. The minimum absolute atomic E-state index is 0.129. The fraction of sp³-hybridized carbons (Fsp3) is 0.368. The molecule has 1 saturated heterocycles. The standard InChI is InChI=1S/C19H23N7O/c1-13-11-16(22-18(20)21-13)25-10-6-7-14(12-25)17-23-24(2)19(27)26(17)15-8-4-3-5-9-15/h3-5,8-9,11,14H,6-7,10,12H2,1-2H3,(H2,20,21,22)/t14-/m0/s1. The maximum atomic E-state index is 12.7. The van der Waals surface area contributed by atoms with Crippen LogP contribution in [0.4, 0.5) is 11.8 Å². The van der Waals surface area contributed by atoms with Gasteiger partial charge in [-0.05, 0) is 31.9 Å². The van der Waals surface area contributed by atoms with Crippen LogP contribution in [0.15, 0.2) is 41.2 Å². The second-order valence-electron chi connectivity index (χ2n) is 6.95. The number of nitrogens with zero attached hydrogens (tertiary/aromatic N) is 6. The zero-order valence-corrected chi connectivity index (χ0v) is 15.5. The van der Waals surface area contributed by atoms with Gasteiger partial charge in [-0.1, -0.05) is 18.2 Å². The smallest absolute Gasteiger partial charge is 0.350 e. The van der Waals surface area contributed by atoms with Crippen molar-refractivity contribution in [3.63, 3.8) is 0 Å². The van der Waals surface area contributed by atoms with Gasteiger partial charge >= 0.3 is 5.69 Å². The van der Waals surface area contributed by atoms with Crippen molar-refractivity contribution in [3.8, 4) is 5.69 Å². The molecule has 1 aliphatic heterocycles. The molecule has 0 saturated carbocycles. The predicted molar refractivity (Wildman–Crippen MR) is 104 cm³/mol. The number of anilines is 2. The summed E-state index contributed by atoms with van der Waals surface area (Å²) >= 11 is 0. The highest BCUT2D eigenvalue weighted by atomic mass is 16.2. The number of nitrogen functional groups attached to an aromatic ring is 1. The summed E-state index contributed by atoms with van der Waals surface area (Å²) in [6.07, 6.45) is 1.96. The largest absolute Gasteiger partial charge is 0.368 e. The first kappa shape index (κ1) is 17.3. The molecule has 140 valence electrons. The van der Waals surface area contributed by atoms with Crippen LogP contribution < -0.4 is 16.3 Å². The molecule has 2 aromatic heterocycles. The van der Waals surface area contributed by atoms with Crippen LogP contribution in [0.5, 0.6) is 0 Å². The number of aromatic nitrogens is 5. The molecule has 0 aliphatic carbocycles. The number of rotatable bonds is 3. The van der Waals surface area contributed by atoms with E-state index in [0.29, 0.717) is 0 Å². The van der Waals surface area contributed by atoms with Crippen molar-refractivity contribution in [2.24, 2.45) is 7.05 Å². The number of benzene rings is 1. The Bertz CT molecular complexity index is 988. The van der Waals surface area contributed by atoms with Crippen molar-refractivity contribution < 1.29 is 0 Å². The first-order chi connectivity index (χ1) is 13.0. The van der Waals surface area contributed by atoms with Gasteiger partial charge in [-0.2, -0.15) is 10.1 Å². The predicted octanol–water partition coefficient (Wildman–Crippen LogP) is 1.64. The second-order valence-corrected chi connectivity index (χ2v) is 6.95. The Hall–Kier alpha value is -3.16. The molecule has 8 heteroatoms. The lowest BCUT2D eigenvalue weighted by atomic mass is 9.97. The van der Waals surface area contributed by atoms with Gasteiger partial charge in [-0.15, -0.1) is 0 Å². The van der Waals surface area contributed by atoms with Gasteiger partial charge in [-0.3, -0.25) is 0 Å². The molecule has 1 atom stereocenters.